The molecule has 1 aliphatic carbocycles. The third-order valence-electron chi connectivity index (χ3n) is 3.50. The van der Waals surface area contributed by atoms with Crippen LogP contribution in [0.15, 0.2) is 30.3 Å². The first-order valence-corrected chi connectivity index (χ1v) is 6.21. The molecule has 0 radical (unpaired) electrons. The minimum Gasteiger partial charge on any atom is -0.494 e. The molecule has 1 aliphatic rings. The molecule has 0 amide bonds. The Morgan fingerprint density at radius 2 is 2.12 bits per heavy atom. The Morgan fingerprint density at radius 3 is 2.81 bits per heavy atom. The summed E-state index contributed by atoms with van der Waals surface area (Å²) in [4.78, 5) is 0. The van der Waals surface area contributed by atoms with Gasteiger partial charge in [-0.3, -0.25) is 0 Å². The average molecular weight is 219 g/mol. The standard InChI is InChI=1S/C14H21NO/c1-2-6-12-11-14(12,15)9-10-16-13-7-4-3-5-8-13/h3-5,7-8,12H,2,6,9-11,15H2,1H3. The third kappa shape index (κ3) is 2.76. The molecule has 2 heteroatoms. The van der Waals surface area contributed by atoms with Crippen LogP contribution in [0, 0.1) is 5.92 Å². The van der Waals surface area contributed by atoms with Gasteiger partial charge in [-0.15, -0.1) is 0 Å². The van der Waals surface area contributed by atoms with Gasteiger partial charge in [-0.1, -0.05) is 31.5 Å². The van der Waals surface area contributed by atoms with Crippen LogP contribution < -0.4 is 10.5 Å². The van der Waals surface area contributed by atoms with Crippen LogP contribution in [0.2, 0.25) is 0 Å². The van der Waals surface area contributed by atoms with E-state index in [0.717, 1.165) is 24.7 Å². The summed E-state index contributed by atoms with van der Waals surface area (Å²) in [6.45, 7) is 2.96. The zero-order valence-electron chi connectivity index (χ0n) is 9.99. The van der Waals surface area contributed by atoms with E-state index in [4.69, 9.17) is 10.5 Å². The van der Waals surface area contributed by atoms with E-state index in [-0.39, 0.29) is 5.54 Å². The van der Waals surface area contributed by atoms with E-state index in [1.54, 1.807) is 0 Å². The van der Waals surface area contributed by atoms with Crippen LogP contribution in [-0.2, 0) is 0 Å². The number of ether oxygens (including phenoxy) is 1. The van der Waals surface area contributed by atoms with Crippen molar-refractivity contribution < 1.29 is 4.74 Å². The van der Waals surface area contributed by atoms with Gasteiger partial charge in [-0.2, -0.15) is 0 Å². The predicted octanol–water partition coefficient (Wildman–Crippen LogP) is 2.97. The SMILES string of the molecule is CCCC1CC1(N)CCOc1ccccc1. The smallest absolute Gasteiger partial charge is 0.119 e. The lowest BCUT2D eigenvalue weighted by Crippen LogP contribution is -2.27. The molecular weight excluding hydrogens is 198 g/mol. The molecule has 1 saturated carbocycles. The van der Waals surface area contributed by atoms with Crippen LogP contribution in [0.25, 0.3) is 0 Å². The summed E-state index contributed by atoms with van der Waals surface area (Å²) in [6, 6.07) is 9.95. The van der Waals surface area contributed by atoms with Crippen molar-refractivity contribution in [1.82, 2.24) is 0 Å². The van der Waals surface area contributed by atoms with Crippen LogP contribution in [0.1, 0.15) is 32.6 Å². The summed E-state index contributed by atoms with van der Waals surface area (Å²) in [6.07, 6.45) is 4.66. The molecule has 0 saturated heterocycles. The molecule has 0 spiro atoms. The molecule has 1 aromatic carbocycles. The highest BCUT2D eigenvalue weighted by molar-refractivity contribution is 5.21. The van der Waals surface area contributed by atoms with Crippen molar-refractivity contribution in [1.29, 1.82) is 0 Å². The van der Waals surface area contributed by atoms with Gasteiger partial charge in [0, 0.05) is 5.54 Å². The van der Waals surface area contributed by atoms with Gasteiger partial charge in [0.15, 0.2) is 0 Å². The summed E-state index contributed by atoms with van der Waals surface area (Å²) < 4.78 is 5.67. The molecule has 1 fully saturated rings. The molecule has 0 heterocycles. The Hall–Kier alpha value is -1.02. The number of hydrogen-bond donors (Lipinski definition) is 1. The van der Waals surface area contributed by atoms with Gasteiger partial charge < -0.3 is 10.5 Å². The average Bonchev–Trinajstić information content (AvgIpc) is 2.91. The number of benzene rings is 1. The van der Waals surface area contributed by atoms with Crippen LogP contribution in [0.4, 0.5) is 0 Å². The summed E-state index contributed by atoms with van der Waals surface area (Å²) >= 11 is 0. The Morgan fingerprint density at radius 1 is 1.38 bits per heavy atom. The first kappa shape index (κ1) is 11.5. The molecule has 2 nitrogen and oxygen atoms in total. The highest BCUT2D eigenvalue weighted by atomic mass is 16.5. The number of para-hydroxylation sites is 1. The van der Waals surface area contributed by atoms with E-state index in [2.05, 4.69) is 6.92 Å². The Balaban J connectivity index is 1.70. The fraction of sp³-hybridized carbons (Fsp3) is 0.571. The van der Waals surface area contributed by atoms with Crippen LogP contribution in [0.3, 0.4) is 0 Å². The van der Waals surface area contributed by atoms with Gasteiger partial charge >= 0.3 is 0 Å². The fourth-order valence-electron chi connectivity index (χ4n) is 2.32. The first-order chi connectivity index (χ1) is 7.74. The second-order valence-corrected chi connectivity index (χ2v) is 4.83. The van der Waals surface area contributed by atoms with E-state index >= 15 is 0 Å². The van der Waals surface area contributed by atoms with Crippen molar-refractivity contribution in [2.45, 2.75) is 38.1 Å². The van der Waals surface area contributed by atoms with Crippen LogP contribution in [-0.4, -0.2) is 12.1 Å². The van der Waals surface area contributed by atoms with Gasteiger partial charge in [0.25, 0.3) is 0 Å². The van der Waals surface area contributed by atoms with Gasteiger partial charge in [-0.25, -0.2) is 0 Å². The Bertz CT molecular complexity index is 325. The maximum Gasteiger partial charge on any atom is 0.119 e. The van der Waals surface area contributed by atoms with Crippen molar-refractivity contribution in [2.24, 2.45) is 11.7 Å². The Labute approximate surface area is 97.8 Å². The van der Waals surface area contributed by atoms with Crippen LogP contribution in [0.5, 0.6) is 5.75 Å². The zero-order chi connectivity index (χ0) is 11.4. The van der Waals surface area contributed by atoms with Crippen molar-refractivity contribution in [3.05, 3.63) is 30.3 Å². The molecule has 16 heavy (non-hydrogen) atoms. The quantitative estimate of drug-likeness (QED) is 0.798. The lowest BCUT2D eigenvalue weighted by molar-refractivity contribution is 0.287. The summed E-state index contributed by atoms with van der Waals surface area (Å²) in [5.74, 6) is 1.68. The third-order valence-corrected chi connectivity index (χ3v) is 3.50. The summed E-state index contributed by atoms with van der Waals surface area (Å²) in [5, 5.41) is 0. The lowest BCUT2D eigenvalue weighted by Gasteiger charge is -2.12. The molecule has 2 N–H and O–H groups in total. The zero-order valence-corrected chi connectivity index (χ0v) is 9.99. The maximum atomic E-state index is 6.26. The van der Waals surface area contributed by atoms with E-state index in [0.29, 0.717) is 0 Å². The monoisotopic (exact) mass is 219 g/mol. The molecule has 0 bridgehead atoms. The van der Waals surface area contributed by atoms with Crippen molar-refractivity contribution in [3.8, 4) is 5.75 Å². The number of hydrogen-bond acceptors (Lipinski definition) is 2. The summed E-state index contributed by atoms with van der Waals surface area (Å²) in [7, 11) is 0. The van der Waals surface area contributed by atoms with Gasteiger partial charge in [-0.05, 0) is 37.3 Å². The molecular formula is C14H21NO. The minimum absolute atomic E-state index is 0.0742. The molecule has 88 valence electrons. The number of nitrogens with two attached hydrogens (primary N) is 1. The van der Waals surface area contributed by atoms with Crippen LogP contribution >= 0.6 is 0 Å². The topological polar surface area (TPSA) is 35.2 Å². The lowest BCUT2D eigenvalue weighted by atomic mass is 10.1. The van der Waals surface area contributed by atoms with E-state index in [9.17, 15) is 0 Å². The van der Waals surface area contributed by atoms with E-state index in [1.807, 2.05) is 30.3 Å². The van der Waals surface area contributed by atoms with Crippen molar-refractivity contribution >= 4 is 0 Å². The second kappa shape index (κ2) is 4.88. The molecule has 2 rings (SSSR count). The normalized spacial score (nSPS) is 27.8. The van der Waals surface area contributed by atoms with Gasteiger partial charge in [0.2, 0.25) is 0 Å². The molecule has 2 unspecified atom stereocenters. The second-order valence-electron chi connectivity index (χ2n) is 4.83. The van der Waals surface area contributed by atoms with Gasteiger partial charge in [0.1, 0.15) is 5.75 Å². The molecule has 2 atom stereocenters. The molecule has 1 aromatic rings. The van der Waals surface area contributed by atoms with Crippen molar-refractivity contribution in [2.75, 3.05) is 6.61 Å². The van der Waals surface area contributed by atoms with E-state index < -0.39 is 0 Å². The minimum atomic E-state index is 0.0742. The Kier molecular flexibility index (Phi) is 3.49. The molecule has 0 aliphatic heterocycles. The molecule has 0 aromatic heterocycles. The fourth-order valence-corrected chi connectivity index (χ4v) is 2.32. The highest BCUT2D eigenvalue weighted by Gasteiger charge is 2.49. The first-order valence-electron chi connectivity index (χ1n) is 6.21. The maximum absolute atomic E-state index is 6.26. The number of rotatable bonds is 6. The van der Waals surface area contributed by atoms with Gasteiger partial charge in [0.05, 0.1) is 6.61 Å². The predicted molar refractivity (Wildman–Crippen MR) is 66.5 cm³/mol. The highest BCUT2D eigenvalue weighted by Crippen LogP contribution is 2.46. The van der Waals surface area contributed by atoms with E-state index in [1.165, 1.54) is 19.3 Å². The summed E-state index contributed by atoms with van der Waals surface area (Å²) in [5.41, 5.74) is 6.34. The van der Waals surface area contributed by atoms with Crippen molar-refractivity contribution in [3.63, 3.8) is 0 Å². The largest absolute Gasteiger partial charge is 0.494 e.